The number of rotatable bonds is 8. The van der Waals surface area contributed by atoms with E-state index in [0.29, 0.717) is 16.7 Å². The normalized spacial score (nSPS) is 12.4. The van der Waals surface area contributed by atoms with Crippen molar-refractivity contribution >= 4 is 22.9 Å². The molecule has 3 aromatic rings. The second-order valence-electron chi connectivity index (χ2n) is 6.30. The first kappa shape index (κ1) is 20.2. The van der Waals surface area contributed by atoms with Crippen molar-refractivity contribution in [3.05, 3.63) is 50.7 Å². The van der Waals surface area contributed by atoms with E-state index in [0.717, 1.165) is 5.56 Å². The smallest absolute Gasteiger partial charge is 0.329 e. The summed E-state index contributed by atoms with van der Waals surface area (Å²) in [5, 5.41) is 20.0. The van der Waals surface area contributed by atoms with Gasteiger partial charge in [0.05, 0.1) is 13.2 Å². The summed E-state index contributed by atoms with van der Waals surface area (Å²) in [6, 6.07) is 7.48. The van der Waals surface area contributed by atoms with Crippen molar-refractivity contribution in [2.75, 3.05) is 19.0 Å². The average molecular weight is 406 g/mol. The molecule has 0 saturated heterocycles. The maximum Gasteiger partial charge on any atom is 0.329 e. The molecule has 0 spiro atoms. The maximum absolute atomic E-state index is 12.4. The monoisotopic (exact) mass is 406 g/mol. The van der Waals surface area contributed by atoms with Crippen molar-refractivity contribution in [1.29, 1.82) is 0 Å². The Morgan fingerprint density at radius 1 is 1.32 bits per heavy atom. The molecule has 0 aliphatic heterocycles. The molecule has 3 N–H and O–H groups in total. The van der Waals surface area contributed by atoms with Gasteiger partial charge in [0.15, 0.2) is 16.3 Å². The summed E-state index contributed by atoms with van der Waals surface area (Å²) in [5.74, 6) is 1.04. The van der Waals surface area contributed by atoms with E-state index in [1.165, 1.54) is 23.4 Å². The molecule has 150 valence electrons. The molecule has 1 aromatic carbocycles. The quantitative estimate of drug-likeness (QED) is 0.459. The van der Waals surface area contributed by atoms with Gasteiger partial charge >= 0.3 is 5.69 Å². The summed E-state index contributed by atoms with van der Waals surface area (Å²) in [7, 11) is 1.51. The molecule has 1 atom stereocenters. The zero-order valence-corrected chi connectivity index (χ0v) is 16.4. The number of nitrogens with zero attached hydrogens (tertiary/aromatic N) is 3. The molecule has 0 bridgehead atoms. The predicted octanol–water partition coefficient (Wildman–Crippen LogP) is 0.256. The van der Waals surface area contributed by atoms with Crippen molar-refractivity contribution in [3.63, 3.8) is 0 Å². The Morgan fingerprint density at radius 2 is 2.07 bits per heavy atom. The zero-order chi connectivity index (χ0) is 20.3. The van der Waals surface area contributed by atoms with Crippen molar-refractivity contribution < 1.29 is 14.9 Å². The summed E-state index contributed by atoms with van der Waals surface area (Å²) >= 11 is 1.24. The molecule has 10 heteroatoms. The van der Waals surface area contributed by atoms with E-state index in [9.17, 15) is 14.7 Å². The molecule has 3 rings (SSSR count). The van der Waals surface area contributed by atoms with Gasteiger partial charge in [0, 0.05) is 12.8 Å². The van der Waals surface area contributed by atoms with Crippen LogP contribution in [0.25, 0.3) is 11.2 Å². The third-order valence-electron chi connectivity index (χ3n) is 4.21. The highest BCUT2D eigenvalue weighted by atomic mass is 32.2. The van der Waals surface area contributed by atoms with E-state index < -0.39 is 17.4 Å². The van der Waals surface area contributed by atoms with Gasteiger partial charge in [0.2, 0.25) is 0 Å². The maximum atomic E-state index is 12.4. The Hall–Kier alpha value is -2.56. The van der Waals surface area contributed by atoms with Crippen molar-refractivity contribution in [2.45, 2.75) is 24.7 Å². The number of benzene rings is 1. The van der Waals surface area contributed by atoms with E-state index in [4.69, 9.17) is 9.84 Å². The van der Waals surface area contributed by atoms with Crippen LogP contribution in [0.2, 0.25) is 0 Å². The summed E-state index contributed by atoms with van der Waals surface area (Å²) in [5.41, 5.74) is 0.227. The van der Waals surface area contributed by atoms with E-state index in [1.807, 2.05) is 31.2 Å². The van der Waals surface area contributed by atoms with Gasteiger partial charge < -0.3 is 19.5 Å². The zero-order valence-electron chi connectivity index (χ0n) is 15.6. The molecule has 28 heavy (non-hydrogen) atoms. The number of ether oxygens (including phenoxy) is 1. The largest absolute Gasteiger partial charge is 0.491 e. The number of aliphatic hydroxyl groups is 2. The fourth-order valence-corrected chi connectivity index (χ4v) is 3.55. The van der Waals surface area contributed by atoms with Gasteiger partial charge in [-0.05, 0) is 18.6 Å². The number of thioether (sulfide) groups is 1. The molecule has 2 aromatic heterocycles. The van der Waals surface area contributed by atoms with E-state index in [1.54, 1.807) is 4.57 Å². The molecule has 0 aliphatic rings. The van der Waals surface area contributed by atoms with Crippen LogP contribution in [0.3, 0.4) is 0 Å². The number of nitrogens with one attached hydrogen (secondary N) is 1. The molecular weight excluding hydrogens is 384 g/mol. The minimum atomic E-state index is -0.915. The van der Waals surface area contributed by atoms with Crippen LogP contribution < -0.4 is 16.0 Å². The predicted molar refractivity (Wildman–Crippen MR) is 106 cm³/mol. The first-order chi connectivity index (χ1) is 13.4. The third-order valence-corrected chi connectivity index (χ3v) is 5.17. The second-order valence-corrected chi connectivity index (χ2v) is 7.36. The lowest BCUT2D eigenvalue weighted by Crippen LogP contribution is -2.30. The van der Waals surface area contributed by atoms with Crippen LogP contribution in [0.1, 0.15) is 5.56 Å². The Kier molecular flexibility index (Phi) is 6.22. The highest BCUT2D eigenvalue weighted by molar-refractivity contribution is 7.99. The van der Waals surface area contributed by atoms with Gasteiger partial charge in [-0.15, -0.1) is 0 Å². The van der Waals surface area contributed by atoms with E-state index >= 15 is 0 Å². The number of H-pyrrole nitrogens is 1. The lowest BCUT2D eigenvalue weighted by molar-refractivity contribution is 0.0910. The number of aryl methyl sites for hydroxylation is 2. The lowest BCUT2D eigenvalue weighted by Gasteiger charge is -2.16. The third kappa shape index (κ3) is 4.13. The number of aliphatic hydroxyl groups excluding tert-OH is 2. The Bertz CT molecular complexity index is 1090. The van der Waals surface area contributed by atoms with Gasteiger partial charge in [0.25, 0.3) is 5.56 Å². The van der Waals surface area contributed by atoms with Crippen LogP contribution >= 0.6 is 11.8 Å². The molecule has 0 amide bonds. The highest BCUT2D eigenvalue weighted by Crippen LogP contribution is 2.22. The van der Waals surface area contributed by atoms with Crippen LogP contribution in [0.5, 0.6) is 5.75 Å². The number of aromatic nitrogens is 4. The number of hydrogen-bond donors (Lipinski definition) is 3. The van der Waals surface area contributed by atoms with Gasteiger partial charge in [-0.25, -0.2) is 9.78 Å². The van der Waals surface area contributed by atoms with Crippen LogP contribution in [0.4, 0.5) is 0 Å². The summed E-state index contributed by atoms with van der Waals surface area (Å²) in [4.78, 5) is 30.8. The van der Waals surface area contributed by atoms with Crippen molar-refractivity contribution in [2.24, 2.45) is 7.05 Å². The fourth-order valence-electron chi connectivity index (χ4n) is 2.80. The topological polar surface area (TPSA) is 122 Å². The van der Waals surface area contributed by atoms with Crippen molar-refractivity contribution in [1.82, 2.24) is 19.1 Å². The SMILES string of the molecule is Cc1ccccc1OC[C@@H](O)Cn1c(SCCO)nc2c1c(=O)[nH]c(=O)n2C. The Morgan fingerprint density at radius 3 is 2.79 bits per heavy atom. The summed E-state index contributed by atoms with van der Waals surface area (Å²) in [6.07, 6.45) is -0.915. The number of para-hydroxylation sites is 1. The summed E-state index contributed by atoms with van der Waals surface area (Å²) < 4.78 is 8.48. The van der Waals surface area contributed by atoms with Gasteiger partial charge in [-0.1, -0.05) is 30.0 Å². The molecule has 9 nitrogen and oxygen atoms in total. The van der Waals surface area contributed by atoms with Gasteiger partial charge in [-0.3, -0.25) is 14.3 Å². The first-order valence-corrected chi connectivity index (χ1v) is 9.70. The molecule has 0 fully saturated rings. The lowest BCUT2D eigenvalue weighted by atomic mass is 10.2. The number of aromatic amines is 1. The molecule has 0 aliphatic carbocycles. The van der Waals surface area contributed by atoms with Crippen molar-refractivity contribution in [3.8, 4) is 5.75 Å². The fraction of sp³-hybridized carbons (Fsp3) is 0.389. The van der Waals surface area contributed by atoms with Gasteiger partial charge in [-0.2, -0.15) is 0 Å². The summed E-state index contributed by atoms with van der Waals surface area (Å²) in [6.45, 7) is 1.92. The minimum absolute atomic E-state index is 0.0261. The average Bonchev–Trinajstić information content (AvgIpc) is 3.02. The second kappa shape index (κ2) is 8.63. The van der Waals surface area contributed by atoms with Crippen LogP contribution in [0.15, 0.2) is 39.0 Å². The minimum Gasteiger partial charge on any atom is -0.491 e. The van der Waals surface area contributed by atoms with Crippen LogP contribution in [0, 0.1) is 6.92 Å². The number of imidazole rings is 1. The Labute approximate surface area is 164 Å². The van der Waals surface area contributed by atoms with Crippen LogP contribution in [-0.4, -0.2) is 54.4 Å². The molecular formula is C18H22N4O5S. The van der Waals surface area contributed by atoms with Crippen LogP contribution in [-0.2, 0) is 13.6 Å². The molecule has 0 radical (unpaired) electrons. The standard InChI is InChI=1S/C18H22N4O5S/c1-11-5-3-4-6-13(11)27-10-12(24)9-22-14-15(19-18(22)28-8-7-23)21(2)17(26)20-16(14)25/h3-6,12,23-24H,7-10H2,1-2H3,(H,20,25,26)/t12-/m0/s1. The molecule has 0 saturated carbocycles. The highest BCUT2D eigenvalue weighted by Gasteiger charge is 2.20. The number of fused-ring (bicyclic) bond motifs is 1. The van der Waals surface area contributed by atoms with E-state index in [2.05, 4.69) is 9.97 Å². The molecule has 2 heterocycles. The van der Waals surface area contributed by atoms with E-state index in [-0.39, 0.29) is 30.9 Å². The Balaban J connectivity index is 1.90. The molecule has 0 unspecified atom stereocenters. The van der Waals surface area contributed by atoms with Gasteiger partial charge in [0.1, 0.15) is 18.5 Å². The number of hydrogen-bond acceptors (Lipinski definition) is 7. The first-order valence-electron chi connectivity index (χ1n) is 8.72.